The maximum Gasteiger partial charge on any atom is 0.312 e. The Balaban J connectivity index is 1.70. The average molecular weight is 760 g/mol. The zero-order valence-corrected chi connectivity index (χ0v) is 32.2. The quantitative estimate of drug-likeness (QED) is 0.147. The minimum absolute atomic E-state index is 0.0356. The molecule has 1 fully saturated rings. The lowest BCUT2D eigenvalue weighted by Gasteiger charge is -2.36. The number of carbonyl (C=O) groups excluding carboxylic acids is 2. The van der Waals surface area contributed by atoms with Crippen molar-refractivity contribution in [3.63, 3.8) is 0 Å². The number of benzene rings is 2. The van der Waals surface area contributed by atoms with Gasteiger partial charge in [-0.25, -0.2) is 0 Å². The lowest BCUT2D eigenvalue weighted by atomic mass is 9.78. The minimum atomic E-state index is -1.97. The Morgan fingerprint density at radius 1 is 0.865 bits per heavy atom. The second kappa shape index (κ2) is 15.5. The molecule has 52 heavy (non-hydrogen) atoms. The van der Waals surface area contributed by atoms with E-state index in [0.29, 0.717) is 0 Å². The predicted molar refractivity (Wildman–Crippen MR) is 202 cm³/mol. The normalized spacial score (nSPS) is 34.5. The van der Waals surface area contributed by atoms with Crippen LogP contribution >= 0.6 is 23.5 Å². The number of aromatic hydroxyl groups is 3. The van der Waals surface area contributed by atoms with E-state index in [9.17, 15) is 40.2 Å². The molecule has 14 heteroatoms. The van der Waals surface area contributed by atoms with Crippen LogP contribution in [0.1, 0.15) is 67.6 Å². The van der Waals surface area contributed by atoms with Crippen LogP contribution in [0.3, 0.4) is 0 Å². The summed E-state index contributed by atoms with van der Waals surface area (Å²) in [7, 11) is 1.45. The fourth-order valence-corrected chi connectivity index (χ4v) is 10.1. The Bertz CT molecular complexity index is 1820. The molecule has 2 aromatic carbocycles. The van der Waals surface area contributed by atoms with Gasteiger partial charge in [-0.1, -0.05) is 45.9 Å². The van der Waals surface area contributed by atoms with Crippen molar-refractivity contribution in [2.45, 2.75) is 83.3 Å². The van der Waals surface area contributed by atoms with Crippen LogP contribution in [0.5, 0.6) is 23.0 Å². The number of ether oxygens (including phenoxy) is 3. The molecule has 7 N–H and O–H groups in total. The zero-order valence-electron chi connectivity index (χ0n) is 30.5. The summed E-state index contributed by atoms with van der Waals surface area (Å²) in [5.74, 6) is -5.54. The average Bonchev–Trinajstić information content (AvgIpc) is 3.74. The molecule has 12 nitrogen and oxygen atoms in total. The highest BCUT2D eigenvalue weighted by atomic mass is 32.2. The highest BCUT2D eigenvalue weighted by molar-refractivity contribution is 8.19. The molecule has 0 spiro atoms. The van der Waals surface area contributed by atoms with E-state index in [1.165, 1.54) is 62.9 Å². The Labute approximate surface area is 311 Å². The van der Waals surface area contributed by atoms with Crippen LogP contribution < -0.4 is 10.1 Å². The number of aliphatic hydroxyl groups is 3. The first-order chi connectivity index (χ1) is 24.5. The van der Waals surface area contributed by atoms with E-state index in [-0.39, 0.29) is 44.5 Å². The van der Waals surface area contributed by atoms with Gasteiger partial charge in [-0.05, 0) is 19.9 Å². The number of phenolic OH excluding ortho intramolecular Hbond substituents is 3. The molecule has 1 saturated heterocycles. The van der Waals surface area contributed by atoms with Gasteiger partial charge >= 0.3 is 5.79 Å². The van der Waals surface area contributed by atoms with Crippen molar-refractivity contribution in [3.05, 3.63) is 52.8 Å². The number of ketones is 1. The fraction of sp³-hybridized carbons (Fsp3) is 0.526. The zero-order chi connectivity index (χ0) is 38.4. The molecular formula is C38H49NO11S2. The van der Waals surface area contributed by atoms with Crippen LogP contribution in [0, 0.1) is 30.6 Å². The van der Waals surface area contributed by atoms with Gasteiger partial charge in [-0.15, -0.1) is 23.5 Å². The summed E-state index contributed by atoms with van der Waals surface area (Å²) in [5, 5.41) is 71.3. The number of hydrogen-bond acceptors (Lipinski definition) is 13. The third-order valence-corrected chi connectivity index (χ3v) is 13.7. The van der Waals surface area contributed by atoms with Gasteiger partial charge in [0.1, 0.15) is 17.2 Å². The summed E-state index contributed by atoms with van der Waals surface area (Å²) in [5.41, 5.74) is 0.323. The fourth-order valence-electron chi connectivity index (χ4n) is 7.11. The number of Topliss-reactive ketones (excluding diaryl/α,β-unsaturated/α-hetero) is 1. The van der Waals surface area contributed by atoms with Gasteiger partial charge in [0, 0.05) is 71.3 Å². The summed E-state index contributed by atoms with van der Waals surface area (Å²) in [6.45, 7) is 11.3. The number of allylic oxidation sites excluding steroid dienone is 2. The molecule has 4 aliphatic heterocycles. The number of carbonyl (C=O) groups is 2. The minimum Gasteiger partial charge on any atom is -0.507 e. The van der Waals surface area contributed by atoms with Crippen LogP contribution in [-0.2, 0) is 14.3 Å². The highest BCUT2D eigenvalue weighted by Crippen LogP contribution is 2.60. The van der Waals surface area contributed by atoms with E-state index in [1.54, 1.807) is 46.8 Å². The number of anilines is 1. The van der Waals surface area contributed by atoms with Crippen molar-refractivity contribution in [3.8, 4) is 23.0 Å². The molecule has 284 valence electrons. The summed E-state index contributed by atoms with van der Waals surface area (Å²) in [6.07, 6.45) is 3.67. The largest absolute Gasteiger partial charge is 0.507 e. The maximum absolute atomic E-state index is 14.2. The van der Waals surface area contributed by atoms with E-state index in [2.05, 4.69) is 5.32 Å². The SMILES string of the molecule is CO[C@H]1/C=C/O[C@@]2(C)Oc3c(C)c(O)c4c(O)c(c(C5SCCS5)c(O)c4c3C2=O)NC(=O)/C(C)=C\C=C\[C@H](C)[C@H](O)[C@@H](C)[C@@H](O)[C@@H](C)[C@H](O)[C@@H]1C. The number of rotatable bonds is 2. The van der Waals surface area contributed by atoms with Crippen molar-refractivity contribution in [2.24, 2.45) is 23.7 Å². The van der Waals surface area contributed by atoms with E-state index >= 15 is 0 Å². The maximum atomic E-state index is 14.2. The van der Waals surface area contributed by atoms with Crippen LogP contribution in [0.2, 0.25) is 0 Å². The second-order valence-corrected chi connectivity index (χ2v) is 16.8. The van der Waals surface area contributed by atoms with E-state index < -0.39 is 87.4 Å². The molecule has 0 aromatic heterocycles. The first-order valence-corrected chi connectivity index (χ1v) is 19.4. The van der Waals surface area contributed by atoms with E-state index in [0.717, 1.165) is 11.5 Å². The number of amides is 1. The van der Waals surface area contributed by atoms with Gasteiger partial charge < -0.3 is 50.2 Å². The van der Waals surface area contributed by atoms with Gasteiger partial charge in [-0.3, -0.25) is 9.59 Å². The summed E-state index contributed by atoms with van der Waals surface area (Å²) >= 11 is 2.99. The molecule has 1 amide bonds. The third-order valence-electron chi connectivity index (χ3n) is 10.6. The molecule has 0 radical (unpaired) electrons. The number of thioether (sulfide) groups is 2. The van der Waals surface area contributed by atoms with Gasteiger partial charge in [0.2, 0.25) is 0 Å². The summed E-state index contributed by atoms with van der Waals surface area (Å²) < 4.78 is 17.2. The van der Waals surface area contributed by atoms with Gasteiger partial charge in [0.05, 0.1) is 51.9 Å². The Morgan fingerprint density at radius 2 is 1.48 bits per heavy atom. The number of nitrogens with one attached hydrogen (secondary N) is 1. The third kappa shape index (κ3) is 7.01. The van der Waals surface area contributed by atoms with Gasteiger partial charge in [0.15, 0.2) is 5.75 Å². The Hall–Kier alpha value is -3.40. The van der Waals surface area contributed by atoms with Crippen LogP contribution in [0.4, 0.5) is 5.69 Å². The topological polar surface area (TPSA) is 195 Å². The van der Waals surface area contributed by atoms with Crippen molar-refractivity contribution < 1.29 is 54.4 Å². The van der Waals surface area contributed by atoms with Crippen LogP contribution in [-0.4, -0.2) is 91.1 Å². The number of methoxy groups -OCH3 is 1. The Morgan fingerprint density at radius 3 is 2.12 bits per heavy atom. The summed E-state index contributed by atoms with van der Waals surface area (Å²) in [6, 6.07) is 0. The molecule has 4 aliphatic rings. The van der Waals surface area contributed by atoms with Crippen LogP contribution in [0.25, 0.3) is 10.8 Å². The van der Waals surface area contributed by atoms with E-state index in [4.69, 9.17) is 14.2 Å². The van der Waals surface area contributed by atoms with Crippen LogP contribution in [0.15, 0.2) is 36.1 Å². The van der Waals surface area contributed by atoms with Gasteiger partial charge in [0.25, 0.3) is 11.7 Å². The number of fused-ring (bicyclic) bond motifs is 14. The first kappa shape index (κ1) is 39.8. The number of aliphatic hydroxyl groups excluding tert-OH is 3. The molecule has 6 rings (SSSR count). The van der Waals surface area contributed by atoms with Crippen molar-refractivity contribution in [1.82, 2.24) is 0 Å². The molecule has 5 bridgehead atoms. The molecule has 0 unspecified atom stereocenters. The molecule has 0 saturated carbocycles. The summed E-state index contributed by atoms with van der Waals surface area (Å²) in [4.78, 5) is 27.8. The predicted octanol–water partition coefficient (Wildman–Crippen LogP) is 5.66. The smallest absolute Gasteiger partial charge is 0.312 e. The number of phenols is 3. The molecule has 9 atom stereocenters. The van der Waals surface area contributed by atoms with Gasteiger partial charge in [-0.2, -0.15) is 0 Å². The molecule has 4 heterocycles. The monoisotopic (exact) mass is 759 g/mol. The molecular weight excluding hydrogens is 711 g/mol. The van der Waals surface area contributed by atoms with E-state index in [1.807, 2.05) is 0 Å². The lowest BCUT2D eigenvalue weighted by molar-refractivity contribution is -0.112. The molecule has 0 aliphatic carbocycles. The van der Waals surface area contributed by atoms with Crippen molar-refractivity contribution in [1.29, 1.82) is 0 Å². The first-order valence-electron chi connectivity index (χ1n) is 17.3. The second-order valence-electron chi connectivity index (χ2n) is 14.1. The van der Waals surface area contributed by atoms with Crippen molar-refractivity contribution in [2.75, 3.05) is 23.9 Å². The standard InChI is InChI=1S/C38H49NO11S2/c1-16-10-9-11-17(2)36(47)39-27-26(37-51-14-15-52-37)32(44)23-24(33(27)45)31(43)21(6)34-25(23)35(46)38(7,50-34)49-13-12-22(48-8)18(3)29(41)20(5)30(42)19(4)28(16)40/h9-13,16,18-20,22,28-30,37,40-45H,14-15H2,1-8H3,(H,39,47)/b10-9+,13-12+,17-11-/t16-,18+,19+,20-,22-,28-,29+,30+,38-/m0/s1. The molecule has 2 aromatic rings. The highest BCUT2D eigenvalue weighted by Gasteiger charge is 2.50. The lowest BCUT2D eigenvalue weighted by Crippen LogP contribution is -2.44. The Kier molecular flexibility index (Phi) is 11.9. The number of hydrogen-bond donors (Lipinski definition) is 7. The van der Waals surface area contributed by atoms with Crippen molar-refractivity contribution >= 4 is 51.7 Å².